The van der Waals surface area contributed by atoms with Crippen molar-refractivity contribution in [2.24, 2.45) is 0 Å². The molecule has 0 aliphatic heterocycles. The van der Waals surface area contributed by atoms with Gasteiger partial charge >= 0.3 is 17.9 Å². The molecular formula is C76H130O6. The van der Waals surface area contributed by atoms with E-state index in [1.165, 1.54) is 180 Å². The third-order valence-corrected chi connectivity index (χ3v) is 15.0. The zero-order chi connectivity index (χ0) is 59.2. The lowest BCUT2D eigenvalue weighted by Gasteiger charge is -2.18. The van der Waals surface area contributed by atoms with Crippen LogP contribution >= 0.6 is 0 Å². The van der Waals surface area contributed by atoms with Crippen molar-refractivity contribution in [1.82, 2.24) is 0 Å². The van der Waals surface area contributed by atoms with Gasteiger partial charge in [-0.05, 0) is 109 Å². The molecule has 470 valence electrons. The van der Waals surface area contributed by atoms with E-state index in [0.29, 0.717) is 19.3 Å². The molecule has 1 atom stereocenters. The SMILES string of the molecule is CC/C=C\C/C=C\C/C=C\C/C=C\C/C=C\C/C=C\C/C=C\C/C=C\CCCCCCCCCCC(=O)OCC(COC(=O)CCCCCCCCCCCCCC)OC(=O)CCCCCCCCCCC/C=C\CCCCCCCC. The molecule has 0 aliphatic rings. The van der Waals surface area contributed by atoms with E-state index in [-0.39, 0.29) is 31.1 Å². The van der Waals surface area contributed by atoms with Gasteiger partial charge < -0.3 is 14.2 Å². The van der Waals surface area contributed by atoms with Gasteiger partial charge in [0.25, 0.3) is 0 Å². The van der Waals surface area contributed by atoms with E-state index in [4.69, 9.17) is 14.2 Å². The fraction of sp³-hybridized carbons (Fsp3) is 0.724. The molecule has 1 unspecified atom stereocenters. The van der Waals surface area contributed by atoms with Gasteiger partial charge in [0.2, 0.25) is 0 Å². The van der Waals surface area contributed by atoms with Crippen LogP contribution in [0.25, 0.3) is 0 Å². The van der Waals surface area contributed by atoms with Crippen LogP contribution in [0.5, 0.6) is 0 Å². The summed E-state index contributed by atoms with van der Waals surface area (Å²) in [6, 6.07) is 0. The van der Waals surface area contributed by atoms with Crippen molar-refractivity contribution in [3.8, 4) is 0 Å². The first-order valence-corrected chi connectivity index (χ1v) is 34.9. The molecule has 0 heterocycles. The number of hydrogen-bond acceptors (Lipinski definition) is 6. The van der Waals surface area contributed by atoms with E-state index < -0.39 is 6.10 Å². The summed E-state index contributed by atoms with van der Waals surface area (Å²) in [7, 11) is 0. The lowest BCUT2D eigenvalue weighted by molar-refractivity contribution is -0.167. The van der Waals surface area contributed by atoms with Gasteiger partial charge in [-0.2, -0.15) is 0 Å². The average molecular weight is 1140 g/mol. The quantitative estimate of drug-likeness (QED) is 0.0261. The van der Waals surface area contributed by atoms with Crippen molar-refractivity contribution in [2.75, 3.05) is 13.2 Å². The number of esters is 3. The monoisotopic (exact) mass is 1140 g/mol. The van der Waals surface area contributed by atoms with Crippen molar-refractivity contribution >= 4 is 17.9 Å². The van der Waals surface area contributed by atoms with Crippen LogP contribution in [0.15, 0.2) is 109 Å². The maximum atomic E-state index is 12.9. The smallest absolute Gasteiger partial charge is 0.306 e. The predicted octanol–water partition coefficient (Wildman–Crippen LogP) is 24.2. The van der Waals surface area contributed by atoms with Gasteiger partial charge in [0.1, 0.15) is 13.2 Å². The summed E-state index contributed by atoms with van der Waals surface area (Å²) < 4.78 is 17.0. The molecule has 0 rings (SSSR count). The van der Waals surface area contributed by atoms with E-state index >= 15 is 0 Å². The van der Waals surface area contributed by atoms with Crippen molar-refractivity contribution in [3.63, 3.8) is 0 Å². The predicted molar refractivity (Wildman–Crippen MR) is 357 cm³/mol. The molecule has 6 nitrogen and oxygen atoms in total. The first-order chi connectivity index (χ1) is 40.5. The standard InChI is InChI=1S/C76H130O6/c1-4-7-10-13-16-19-22-25-27-29-31-32-33-34-35-36-37-38-39-40-41-42-43-44-46-47-49-51-54-57-60-63-66-69-75(78)81-72-73(71-80-74(77)68-65-62-59-56-53-24-21-18-15-12-9-6-3)82-76(79)70-67-64-61-58-55-52-50-48-45-30-28-26-23-20-17-14-11-8-5-2/h7,10,16,19,25-28,31-32,34-35,37-38,40-41,43-44,73H,4-6,8-9,11-15,17-18,20-24,29-30,33,36,39,42,45-72H2,1-3H3/b10-7-,19-16-,27-25-,28-26-,32-31-,35-34-,38-37-,41-40-,44-43-. The van der Waals surface area contributed by atoms with Crippen molar-refractivity contribution < 1.29 is 28.6 Å². The summed E-state index contributed by atoms with van der Waals surface area (Å²) >= 11 is 0. The van der Waals surface area contributed by atoms with Crippen LogP contribution in [0.4, 0.5) is 0 Å². The van der Waals surface area contributed by atoms with Gasteiger partial charge in [-0.3, -0.25) is 14.4 Å². The molecule has 0 aromatic heterocycles. The summed E-state index contributed by atoms with van der Waals surface area (Å²) in [5.74, 6) is -0.876. The average Bonchev–Trinajstić information content (AvgIpc) is 3.47. The van der Waals surface area contributed by atoms with Crippen LogP contribution in [0, 0.1) is 0 Å². The molecule has 0 aromatic carbocycles. The topological polar surface area (TPSA) is 78.9 Å². The minimum atomic E-state index is -0.782. The Bertz CT molecular complexity index is 1640. The highest BCUT2D eigenvalue weighted by Gasteiger charge is 2.19. The molecule has 0 aliphatic carbocycles. The second-order valence-corrected chi connectivity index (χ2v) is 23.1. The first kappa shape index (κ1) is 78.1. The molecule has 0 aromatic rings. The van der Waals surface area contributed by atoms with Crippen LogP contribution in [0.3, 0.4) is 0 Å². The van der Waals surface area contributed by atoms with Gasteiger partial charge in [0.15, 0.2) is 6.10 Å². The zero-order valence-electron chi connectivity index (χ0n) is 54.0. The number of hydrogen-bond donors (Lipinski definition) is 0. The molecule has 6 heteroatoms. The molecule has 0 radical (unpaired) electrons. The normalized spacial score (nSPS) is 12.8. The third-order valence-electron chi connectivity index (χ3n) is 15.0. The first-order valence-electron chi connectivity index (χ1n) is 34.9. The summed E-state index contributed by atoms with van der Waals surface area (Å²) in [5.41, 5.74) is 0. The van der Waals surface area contributed by atoms with Gasteiger partial charge in [-0.25, -0.2) is 0 Å². The molecule has 0 bridgehead atoms. The second-order valence-electron chi connectivity index (χ2n) is 23.1. The van der Waals surface area contributed by atoms with Crippen LogP contribution in [0.1, 0.15) is 335 Å². The third kappa shape index (κ3) is 66.9. The van der Waals surface area contributed by atoms with Crippen molar-refractivity contribution in [2.45, 2.75) is 341 Å². The largest absolute Gasteiger partial charge is 0.462 e. The number of carbonyl (C=O) groups is 3. The Kier molecular flexibility index (Phi) is 66.2. The Morgan fingerprint density at radius 3 is 0.756 bits per heavy atom. The highest BCUT2D eigenvalue weighted by Crippen LogP contribution is 2.17. The maximum absolute atomic E-state index is 12.9. The number of rotatable bonds is 63. The number of allylic oxidation sites excluding steroid dienone is 18. The fourth-order valence-electron chi connectivity index (χ4n) is 9.81. The summed E-state index contributed by atoms with van der Waals surface area (Å²) in [4.78, 5) is 38.4. The lowest BCUT2D eigenvalue weighted by Crippen LogP contribution is -2.30. The minimum Gasteiger partial charge on any atom is -0.462 e. The Morgan fingerprint density at radius 1 is 0.256 bits per heavy atom. The number of unbranched alkanes of at least 4 members (excludes halogenated alkanes) is 34. The lowest BCUT2D eigenvalue weighted by atomic mass is 10.0. The highest BCUT2D eigenvalue weighted by atomic mass is 16.6. The Balaban J connectivity index is 4.26. The fourth-order valence-corrected chi connectivity index (χ4v) is 9.81. The second kappa shape index (κ2) is 69.6. The van der Waals surface area contributed by atoms with Crippen molar-refractivity contribution in [1.29, 1.82) is 0 Å². The van der Waals surface area contributed by atoms with E-state index in [9.17, 15) is 14.4 Å². The molecule has 82 heavy (non-hydrogen) atoms. The Morgan fingerprint density at radius 2 is 0.476 bits per heavy atom. The maximum Gasteiger partial charge on any atom is 0.306 e. The number of carbonyl (C=O) groups excluding carboxylic acids is 3. The van der Waals surface area contributed by atoms with E-state index in [1.54, 1.807) is 0 Å². The van der Waals surface area contributed by atoms with Gasteiger partial charge in [0, 0.05) is 19.3 Å². The molecule has 0 amide bonds. The Hall–Kier alpha value is -3.93. The van der Waals surface area contributed by atoms with Gasteiger partial charge in [0.05, 0.1) is 0 Å². The van der Waals surface area contributed by atoms with Crippen LogP contribution in [-0.4, -0.2) is 37.2 Å². The van der Waals surface area contributed by atoms with Gasteiger partial charge in [-0.1, -0.05) is 316 Å². The molecular weight excluding hydrogens is 1010 g/mol. The highest BCUT2D eigenvalue weighted by molar-refractivity contribution is 5.71. The number of ether oxygens (including phenoxy) is 3. The molecule has 0 saturated heterocycles. The van der Waals surface area contributed by atoms with Crippen LogP contribution in [0.2, 0.25) is 0 Å². The molecule has 0 fully saturated rings. The van der Waals surface area contributed by atoms with E-state index in [1.807, 2.05) is 0 Å². The summed E-state index contributed by atoms with van der Waals surface area (Å²) in [6.07, 6.45) is 95.3. The van der Waals surface area contributed by atoms with E-state index in [2.05, 4.69) is 130 Å². The molecule has 0 spiro atoms. The van der Waals surface area contributed by atoms with Gasteiger partial charge in [-0.15, -0.1) is 0 Å². The Labute approximate surface area is 508 Å². The van der Waals surface area contributed by atoms with Crippen LogP contribution in [-0.2, 0) is 28.6 Å². The summed E-state index contributed by atoms with van der Waals surface area (Å²) in [5, 5.41) is 0. The van der Waals surface area contributed by atoms with Crippen LogP contribution < -0.4 is 0 Å². The molecule has 0 saturated carbocycles. The minimum absolute atomic E-state index is 0.0778. The van der Waals surface area contributed by atoms with E-state index in [0.717, 1.165) is 116 Å². The zero-order valence-corrected chi connectivity index (χ0v) is 54.0. The molecule has 0 N–H and O–H groups in total. The van der Waals surface area contributed by atoms with Crippen molar-refractivity contribution in [3.05, 3.63) is 109 Å². The summed E-state index contributed by atoms with van der Waals surface area (Å²) in [6.45, 7) is 6.54.